The van der Waals surface area contributed by atoms with Crippen LogP contribution in [0.2, 0.25) is 0 Å². The summed E-state index contributed by atoms with van der Waals surface area (Å²) >= 11 is 0. The molecule has 0 spiro atoms. The number of hydrogen-bond acceptors (Lipinski definition) is 5. The molecule has 100 valence electrons. The Balaban J connectivity index is 2.25. The Kier molecular flexibility index (Phi) is 3.65. The average molecular weight is 262 g/mol. The molecule has 1 aromatic carbocycles. The summed E-state index contributed by atoms with van der Waals surface area (Å²) in [5.41, 5.74) is 0.339. The van der Waals surface area contributed by atoms with Gasteiger partial charge in [0.2, 0.25) is 0 Å². The van der Waals surface area contributed by atoms with Gasteiger partial charge in [0.1, 0.15) is 11.5 Å². The highest BCUT2D eigenvalue weighted by Gasteiger charge is 2.20. The second kappa shape index (κ2) is 5.38. The molecule has 0 aliphatic heterocycles. The number of para-hydroxylation sites is 1. The van der Waals surface area contributed by atoms with E-state index in [2.05, 4.69) is 10.3 Å². The highest BCUT2D eigenvalue weighted by molar-refractivity contribution is 5.68. The maximum atomic E-state index is 11.1. The molecule has 2 aromatic rings. The number of imidazole rings is 1. The molecule has 0 bridgehead atoms. The van der Waals surface area contributed by atoms with Crippen LogP contribution in [-0.4, -0.2) is 21.6 Å². The van der Waals surface area contributed by atoms with Crippen LogP contribution in [-0.2, 0) is 13.6 Å². The first-order valence-electron chi connectivity index (χ1n) is 5.65. The van der Waals surface area contributed by atoms with Crippen molar-refractivity contribution in [2.45, 2.75) is 6.54 Å². The number of nitrogens with one attached hydrogen (secondary N) is 1. The minimum atomic E-state index is -0.459. The lowest BCUT2D eigenvalue weighted by Crippen LogP contribution is -2.07. The van der Waals surface area contributed by atoms with E-state index in [1.54, 1.807) is 24.4 Å². The second-order valence-corrected chi connectivity index (χ2v) is 3.92. The van der Waals surface area contributed by atoms with E-state index >= 15 is 0 Å². The quantitative estimate of drug-likeness (QED) is 0.657. The van der Waals surface area contributed by atoms with Crippen LogP contribution in [0, 0.1) is 10.1 Å². The first-order valence-corrected chi connectivity index (χ1v) is 5.65. The zero-order chi connectivity index (χ0) is 13.8. The Morgan fingerprint density at radius 2 is 2.32 bits per heavy atom. The molecule has 1 N–H and O–H groups in total. The molecule has 0 fully saturated rings. The number of nitro groups is 1. The van der Waals surface area contributed by atoms with Gasteiger partial charge in [-0.3, -0.25) is 10.1 Å². The number of ether oxygens (including phenoxy) is 1. The number of aromatic nitrogens is 2. The Morgan fingerprint density at radius 3 is 2.89 bits per heavy atom. The van der Waals surface area contributed by atoms with Crippen molar-refractivity contribution >= 4 is 11.4 Å². The topological polar surface area (TPSA) is 82.2 Å². The van der Waals surface area contributed by atoms with E-state index < -0.39 is 4.92 Å². The Bertz CT molecular complexity index is 594. The van der Waals surface area contributed by atoms with Gasteiger partial charge in [-0.2, -0.15) is 0 Å². The van der Waals surface area contributed by atoms with Crippen molar-refractivity contribution in [2.75, 3.05) is 12.4 Å². The molecule has 0 saturated heterocycles. The normalized spacial score (nSPS) is 10.2. The zero-order valence-electron chi connectivity index (χ0n) is 10.7. The van der Waals surface area contributed by atoms with E-state index in [9.17, 15) is 10.1 Å². The lowest BCUT2D eigenvalue weighted by atomic mass is 10.2. The van der Waals surface area contributed by atoms with Crippen LogP contribution in [0.25, 0.3) is 0 Å². The molecule has 0 atom stereocenters. The van der Waals surface area contributed by atoms with Gasteiger partial charge < -0.3 is 14.6 Å². The summed E-state index contributed by atoms with van der Waals surface area (Å²) in [7, 11) is 3.27. The van der Waals surface area contributed by atoms with Crippen molar-refractivity contribution in [3.63, 3.8) is 0 Å². The van der Waals surface area contributed by atoms with Crippen LogP contribution in [0.1, 0.15) is 5.82 Å². The maximum absolute atomic E-state index is 11.1. The molecule has 1 aromatic heterocycles. The summed E-state index contributed by atoms with van der Waals surface area (Å²) in [6, 6.07) is 4.90. The molecule has 0 aliphatic rings. The molecule has 2 rings (SSSR count). The van der Waals surface area contributed by atoms with Crippen molar-refractivity contribution in [2.24, 2.45) is 7.05 Å². The molecule has 0 amide bonds. The summed E-state index contributed by atoms with van der Waals surface area (Å²) in [6.07, 6.45) is 3.49. The molecule has 19 heavy (non-hydrogen) atoms. The number of anilines is 1. The summed E-state index contributed by atoms with van der Waals surface area (Å²) in [6.45, 7) is 0.400. The van der Waals surface area contributed by atoms with Crippen LogP contribution >= 0.6 is 0 Å². The number of hydrogen-bond donors (Lipinski definition) is 1. The van der Waals surface area contributed by atoms with E-state index in [0.717, 1.165) is 5.82 Å². The van der Waals surface area contributed by atoms with E-state index in [4.69, 9.17) is 4.74 Å². The number of methoxy groups -OCH3 is 1. The van der Waals surface area contributed by atoms with Crippen molar-refractivity contribution in [1.82, 2.24) is 9.55 Å². The molecule has 7 nitrogen and oxygen atoms in total. The maximum Gasteiger partial charge on any atom is 0.333 e. The highest BCUT2D eigenvalue weighted by atomic mass is 16.6. The minimum absolute atomic E-state index is 0.0702. The van der Waals surface area contributed by atoms with Crippen molar-refractivity contribution in [3.05, 3.63) is 46.5 Å². The van der Waals surface area contributed by atoms with Crippen LogP contribution in [0.3, 0.4) is 0 Å². The SMILES string of the molecule is COc1cccc(NCc2nccn2C)c1[N+](=O)[O-]. The first-order chi connectivity index (χ1) is 9.13. The summed E-state index contributed by atoms with van der Waals surface area (Å²) in [5.74, 6) is 1.02. The highest BCUT2D eigenvalue weighted by Crippen LogP contribution is 2.34. The lowest BCUT2D eigenvalue weighted by molar-refractivity contribution is -0.384. The average Bonchev–Trinajstić information content (AvgIpc) is 2.81. The molecule has 1 heterocycles. The molecule has 0 saturated carbocycles. The Hall–Kier alpha value is -2.57. The van der Waals surface area contributed by atoms with E-state index in [1.807, 2.05) is 17.8 Å². The molecule has 7 heteroatoms. The summed E-state index contributed by atoms with van der Waals surface area (Å²) in [4.78, 5) is 14.8. The van der Waals surface area contributed by atoms with Gasteiger partial charge in [0.15, 0.2) is 5.75 Å². The fraction of sp³-hybridized carbons (Fsp3) is 0.250. The third-order valence-electron chi connectivity index (χ3n) is 2.76. The van der Waals surface area contributed by atoms with Crippen molar-refractivity contribution in [3.8, 4) is 5.75 Å². The number of benzene rings is 1. The van der Waals surface area contributed by atoms with Gasteiger partial charge in [-0.05, 0) is 12.1 Å². The smallest absolute Gasteiger partial charge is 0.333 e. The molecular weight excluding hydrogens is 248 g/mol. The molecular formula is C12H14N4O3. The van der Waals surface area contributed by atoms with Crippen molar-refractivity contribution in [1.29, 1.82) is 0 Å². The predicted octanol–water partition coefficient (Wildman–Crippen LogP) is 1.95. The number of nitro benzene ring substituents is 1. The molecule has 0 radical (unpaired) electrons. The second-order valence-electron chi connectivity index (χ2n) is 3.92. The van der Waals surface area contributed by atoms with E-state index in [-0.39, 0.29) is 11.4 Å². The fourth-order valence-electron chi connectivity index (χ4n) is 1.76. The standard InChI is InChI=1S/C12H14N4O3/c1-15-7-6-13-11(15)8-14-9-4-3-5-10(19-2)12(9)16(17)18/h3-7,14H,8H2,1-2H3. The Morgan fingerprint density at radius 1 is 1.53 bits per heavy atom. The zero-order valence-corrected chi connectivity index (χ0v) is 10.7. The predicted molar refractivity (Wildman–Crippen MR) is 70.2 cm³/mol. The third kappa shape index (κ3) is 2.65. The van der Waals surface area contributed by atoms with Crippen LogP contribution in [0.4, 0.5) is 11.4 Å². The van der Waals surface area contributed by atoms with Gasteiger partial charge in [-0.25, -0.2) is 4.98 Å². The van der Waals surface area contributed by atoms with Crippen LogP contribution < -0.4 is 10.1 Å². The third-order valence-corrected chi connectivity index (χ3v) is 2.76. The first kappa shape index (κ1) is 12.9. The van der Waals surface area contributed by atoms with Gasteiger partial charge in [-0.1, -0.05) is 6.07 Å². The number of rotatable bonds is 5. The van der Waals surface area contributed by atoms with Crippen LogP contribution in [0.15, 0.2) is 30.6 Å². The molecule has 0 unspecified atom stereocenters. The number of aryl methyl sites for hydroxylation is 1. The summed E-state index contributed by atoms with van der Waals surface area (Å²) < 4.78 is 6.85. The Labute approximate surface area is 110 Å². The minimum Gasteiger partial charge on any atom is -0.490 e. The fourth-order valence-corrected chi connectivity index (χ4v) is 1.76. The van der Waals surface area contributed by atoms with Gasteiger partial charge >= 0.3 is 5.69 Å². The summed E-state index contributed by atoms with van der Waals surface area (Å²) in [5, 5.41) is 14.1. The van der Waals surface area contributed by atoms with E-state index in [1.165, 1.54) is 7.11 Å². The van der Waals surface area contributed by atoms with Gasteiger partial charge in [-0.15, -0.1) is 0 Å². The lowest BCUT2D eigenvalue weighted by Gasteiger charge is -2.09. The van der Waals surface area contributed by atoms with Crippen LogP contribution in [0.5, 0.6) is 5.75 Å². The monoisotopic (exact) mass is 262 g/mol. The van der Waals surface area contributed by atoms with E-state index in [0.29, 0.717) is 12.2 Å². The van der Waals surface area contributed by atoms with Gasteiger partial charge in [0, 0.05) is 19.4 Å². The van der Waals surface area contributed by atoms with Gasteiger partial charge in [0.05, 0.1) is 18.6 Å². The molecule has 0 aliphatic carbocycles. The number of nitrogens with zero attached hydrogens (tertiary/aromatic N) is 3. The van der Waals surface area contributed by atoms with Gasteiger partial charge in [0.25, 0.3) is 0 Å². The van der Waals surface area contributed by atoms with Crippen molar-refractivity contribution < 1.29 is 9.66 Å². The largest absolute Gasteiger partial charge is 0.490 e.